The number of carbonyl (C=O) groups excluding carboxylic acids is 1. The SMILES string of the molecule is CCC(SC)C(=O)NCc1ccc(F)c(CO)c1. The van der Waals surface area contributed by atoms with Crippen molar-refractivity contribution in [3.8, 4) is 0 Å². The first-order valence-corrected chi connectivity index (χ1v) is 7.09. The van der Waals surface area contributed by atoms with Crippen molar-refractivity contribution in [1.29, 1.82) is 0 Å². The lowest BCUT2D eigenvalue weighted by Crippen LogP contribution is -2.31. The molecule has 0 spiro atoms. The van der Waals surface area contributed by atoms with E-state index in [9.17, 15) is 9.18 Å². The summed E-state index contributed by atoms with van der Waals surface area (Å²) >= 11 is 1.51. The van der Waals surface area contributed by atoms with Gasteiger partial charge in [0, 0.05) is 12.1 Å². The highest BCUT2D eigenvalue weighted by Crippen LogP contribution is 2.12. The lowest BCUT2D eigenvalue weighted by molar-refractivity contribution is -0.120. The highest BCUT2D eigenvalue weighted by molar-refractivity contribution is 7.99. The Morgan fingerprint density at radius 1 is 1.56 bits per heavy atom. The van der Waals surface area contributed by atoms with E-state index in [0.717, 1.165) is 12.0 Å². The average Bonchev–Trinajstić information content (AvgIpc) is 2.39. The Morgan fingerprint density at radius 2 is 2.28 bits per heavy atom. The van der Waals surface area contributed by atoms with Crippen LogP contribution in [-0.4, -0.2) is 22.5 Å². The second kappa shape index (κ2) is 7.38. The molecule has 3 nitrogen and oxygen atoms in total. The van der Waals surface area contributed by atoms with E-state index in [-0.39, 0.29) is 23.3 Å². The topological polar surface area (TPSA) is 49.3 Å². The molecule has 0 aliphatic carbocycles. The van der Waals surface area contributed by atoms with Crippen LogP contribution in [0.3, 0.4) is 0 Å². The second-order valence-electron chi connectivity index (χ2n) is 3.93. The van der Waals surface area contributed by atoms with Gasteiger partial charge in [-0.25, -0.2) is 4.39 Å². The summed E-state index contributed by atoms with van der Waals surface area (Å²) in [5, 5.41) is 11.7. The van der Waals surface area contributed by atoms with Crippen LogP contribution in [0.1, 0.15) is 24.5 Å². The number of hydrogen-bond donors (Lipinski definition) is 2. The van der Waals surface area contributed by atoms with Gasteiger partial charge in [-0.15, -0.1) is 0 Å². The van der Waals surface area contributed by atoms with Gasteiger partial charge in [0.2, 0.25) is 5.91 Å². The van der Waals surface area contributed by atoms with Gasteiger partial charge in [-0.2, -0.15) is 11.8 Å². The van der Waals surface area contributed by atoms with Crippen molar-refractivity contribution < 1.29 is 14.3 Å². The lowest BCUT2D eigenvalue weighted by Gasteiger charge is -2.12. The molecule has 0 saturated heterocycles. The number of thioether (sulfide) groups is 1. The Bertz CT molecular complexity index is 408. The van der Waals surface area contributed by atoms with Crippen LogP contribution in [0.25, 0.3) is 0 Å². The molecule has 0 aliphatic rings. The number of carbonyl (C=O) groups is 1. The molecule has 0 fully saturated rings. The fourth-order valence-corrected chi connectivity index (χ4v) is 2.25. The number of benzene rings is 1. The first kappa shape index (κ1) is 15.0. The Hall–Kier alpha value is -1.07. The zero-order valence-corrected chi connectivity index (χ0v) is 11.4. The molecular formula is C13H18FNO2S. The van der Waals surface area contributed by atoms with Gasteiger partial charge in [0.15, 0.2) is 0 Å². The Morgan fingerprint density at radius 3 is 2.83 bits per heavy atom. The zero-order chi connectivity index (χ0) is 13.5. The van der Waals surface area contributed by atoms with E-state index >= 15 is 0 Å². The maximum absolute atomic E-state index is 13.2. The number of aliphatic hydroxyl groups is 1. The average molecular weight is 271 g/mol. The summed E-state index contributed by atoms with van der Waals surface area (Å²) in [6.07, 6.45) is 2.67. The summed E-state index contributed by atoms with van der Waals surface area (Å²) in [6, 6.07) is 4.48. The molecule has 1 unspecified atom stereocenters. The molecule has 2 N–H and O–H groups in total. The summed E-state index contributed by atoms with van der Waals surface area (Å²) < 4.78 is 13.2. The van der Waals surface area contributed by atoms with E-state index in [0.29, 0.717) is 6.54 Å². The van der Waals surface area contributed by atoms with Crippen molar-refractivity contribution in [3.63, 3.8) is 0 Å². The minimum absolute atomic E-state index is 0.0140. The molecule has 0 aromatic heterocycles. The number of amides is 1. The van der Waals surface area contributed by atoms with E-state index < -0.39 is 5.82 Å². The molecule has 0 radical (unpaired) electrons. The van der Waals surface area contributed by atoms with Gasteiger partial charge in [0.1, 0.15) is 5.82 Å². The van der Waals surface area contributed by atoms with Gasteiger partial charge in [0.25, 0.3) is 0 Å². The zero-order valence-electron chi connectivity index (χ0n) is 10.6. The molecule has 0 bridgehead atoms. The quantitative estimate of drug-likeness (QED) is 0.833. The number of hydrogen-bond acceptors (Lipinski definition) is 3. The van der Waals surface area contributed by atoms with E-state index in [1.54, 1.807) is 12.1 Å². The minimum atomic E-state index is -0.428. The van der Waals surface area contributed by atoms with Crippen LogP contribution in [0.4, 0.5) is 4.39 Å². The monoisotopic (exact) mass is 271 g/mol. The Kier molecular flexibility index (Phi) is 6.15. The number of halogens is 1. The van der Waals surface area contributed by atoms with Crippen molar-refractivity contribution >= 4 is 17.7 Å². The molecule has 1 aromatic rings. The fraction of sp³-hybridized carbons (Fsp3) is 0.462. The molecule has 1 atom stereocenters. The van der Waals surface area contributed by atoms with E-state index in [2.05, 4.69) is 5.32 Å². The maximum Gasteiger partial charge on any atom is 0.233 e. The first-order chi connectivity index (χ1) is 8.62. The summed E-state index contributed by atoms with van der Waals surface area (Å²) in [4.78, 5) is 11.7. The molecule has 18 heavy (non-hydrogen) atoms. The van der Waals surface area contributed by atoms with Crippen molar-refractivity contribution in [2.45, 2.75) is 31.7 Å². The van der Waals surface area contributed by atoms with Crippen LogP contribution in [0.15, 0.2) is 18.2 Å². The molecule has 1 aromatic carbocycles. The van der Waals surface area contributed by atoms with Crippen LogP contribution in [0.2, 0.25) is 0 Å². The summed E-state index contributed by atoms with van der Waals surface area (Å²) in [5.41, 5.74) is 1.03. The molecule has 1 rings (SSSR count). The molecule has 5 heteroatoms. The largest absolute Gasteiger partial charge is 0.392 e. The highest BCUT2D eigenvalue weighted by Gasteiger charge is 2.14. The van der Waals surface area contributed by atoms with Gasteiger partial charge < -0.3 is 10.4 Å². The van der Waals surface area contributed by atoms with Gasteiger partial charge in [-0.1, -0.05) is 13.0 Å². The van der Waals surface area contributed by atoms with E-state index in [1.807, 2.05) is 13.2 Å². The van der Waals surface area contributed by atoms with Gasteiger partial charge in [-0.3, -0.25) is 4.79 Å². The van der Waals surface area contributed by atoms with Crippen LogP contribution in [-0.2, 0) is 17.9 Å². The summed E-state index contributed by atoms with van der Waals surface area (Å²) in [6.45, 7) is 1.97. The molecule has 0 aliphatic heterocycles. The molecule has 100 valence electrons. The Balaban J connectivity index is 2.61. The van der Waals surface area contributed by atoms with Gasteiger partial charge in [-0.05, 0) is 30.4 Å². The highest BCUT2D eigenvalue weighted by atomic mass is 32.2. The fourth-order valence-electron chi connectivity index (χ4n) is 1.62. The van der Waals surface area contributed by atoms with Crippen LogP contribution >= 0.6 is 11.8 Å². The molecule has 0 saturated carbocycles. The third-order valence-electron chi connectivity index (χ3n) is 2.69. The third kappa shape index (κ3) is 3.99. The van der Waals surface area contributed by atoms with Crippen molar-refractivity contribution in [2.24, 2.45) is 0 Å². The van der Waals surface area contributed by atoms with E-state index in [1.165, 1.54) is 17.8 Å². The first-order valence-electron chi connectivity index (χ1n) is 5.81. The van der Waals surface area contributed by atoms with Gasteiger partial charge in [0.05, 0.1) is 11.9 Å². The predicted octanol–water partition coefficient (Wildman–Crippen LogP) is 2.08. The van der Waals surface area contributed by atoms with E-state index in [4.69, 9.17) is 5.11 Å². The Labute approximate surface area is 111 Å². The van der Waals surface area contributed by atoms with Crippen LogP contribution < -0.4 is 5.32 Å². The lowest BCUT2D eigenvalue weighted by atomic mass is 10.1. The van der Waals surface area contributed by atoms with Crippen LogP contribution in [0, 0.1) is 5.82 Å². The predicted molar refractivity (Wildman–Crippen MR) is 71.8 cm³/mol. The van der Waals surface area contributed by atoms with Crippen LogP contribution in [0.5, 0.6) is 0 Å². The smallest absolute Gasteiger partial charge is 0.233 e. The summed E-state index contributed by atoms with van der Waals surface area (Å²) in [7, 11) is 0. The summed E-state index contributed by atoms with van der Waals surface area (Å²) in [5.74, 6) is -0.442. The second-order valence-corrected chi connectivity index (χ2v) is 4.97. The molecule has 1 amide bonds. The normalized spacial score (nSPS) is 12.2. The number of nitrogens with one attached hydrogen (secondary N) is 1. The minimum Gasteiger partial charge on any atom is -0.392 e. The van der Waals surface area contributed by atoms with Crippen molar-refractivity contribution in [2.75, 3.05) is 6.26 Å². The van der Waals surface area contributed by atoms with Gasteiger partial charge >= 0.3 is 0 Å². The van der Waals surface area contributed by atoms with Crippen molar-refractivity contribution in [3.05, 3.63) is 35.1 Å². The number of aliphatic hydroxyl groups excluding tert-OH is 1. The standard InChI is InChI=1S/C13H18FNO2S/c1-3-12(18-2)13(17)15-7-9-4-5-11(14)10(6-9)8-16/h4-6,12,16H,3,7-8H2,1-2H3,(H,15,17). The number of rotatable bonds is 6. The third-order valence-corrected chi connectivity index (χ3v) is 3.81. The molecular weight excluding hydrogens is 253 g/mol. The molecule has 0 heterocycles. The van der Waals surface area contributed by atoms with Crippen molar-refractivity contribution in [1.82, 2.24) is 5.32 Å². The maximum atomic E-state index is 13.2.